The van der Waals surface area contributed by atoms with Crippen molar-refractivity contribution < 1.29 is 9.53 Å². The van der Waals surface area contributed by atoms with Crippen molar-refractivity contribution in [3.05, 3.63) is 65.7 Å². The first-order valence-corrected chi connectivity index (χ1v) is 6.94. The van der Waals surface area contributed by atoms with Crippen LogP contribution in [0.3, 0.4) is 0 Å². The van der Waals surface area contributed by atoms with Gasteiger partial charge >= 0.3 is 0 Å². The lowest BCUT2D eigenvalue weighted by atomic mass is 10.1. The normalized spacial score (nSPS) is 11.7. The summed E-state index contributed by atoms with van der Waals surface area (Å²) < 4.78 is 5.56. The zero-order valence-corrected chi connectivity index (χ0v) is 12.1. The Hall–Kier alpha value is -2.33. The molecule has 3 N–H and O–H groups in total. The maximum Gasteiger partial charge on any atom is 0.258 e. The van der Waals surface area contributed by atoms with Crippen molar-refractivity contribution in [3.63, 3.8) is 0 Å². The Morgan fingerprint density at radius 1 is 1.14 bits per heavy atom. The zero-order valence-electron chi connectivity index (χ0n) is 12.1. The van der Waals surface area contributed by atoms with Gasteiger partial charge in [0.2, 0.25) is 0 Å². The number of ether oxygens (including phenoxy) is 1. The monoisotopic (exact) mass is 284 g/mol. The van der Waals surface area contributed by atoms with E-state index in [4.69, 9.17) is 10.5 Å². The van der Waals surface area contributed by atoms with Crippen molar-refractivity contribution in [1.82, 2.24) is 5.32 Å². The summed E-state index contributed by atoms with van der Waals surface area (Å²) in [5.74, 6) is 0.501. The molecule has 2 aromatic carbocycles. The summed E-state index contributed by atoms with van der Waals surface area (Å²) in [6.07, 6.45) is 0. The topological polar surface area (TPSA) is 64.3 Å². The zero-order chi connectivity index (χ0) is 15.1. The smallest absolute Gasteiger partial charge is 0.258 e. The first kappa shape index (κ1) is 15.1. The third kappa shape index (κ3) is 4.61. The number of para-hydroxylation sites is 1. The fourth-order valence-corrected chi connectivity index (χ4v) is 1.98. The Morgan fingerprint density at radius 2 is 1.81 bits per heavy atom. The summed E-state index contributed by atoms with van der Waals surface area (Å²) in [4.78, 5) is 11.8. The summed E-state index contributed by atoms with van der Waals surface area (Å²) in [6, 6.07) is 17.1. The van der Waals surface area contributed by atoms with Crippen LogP contribution in [0.15, 0.2) is 54.6 Å². The molecule has 0 heterocycles. The van der Waals surface area contributed by atoms with Gasteiger partial charge in [0.25, 0.3) is 5.91 Å². The van der Waals surface area contributed by atoms with Gasteiger partial charge in [-0.15, -0.1) is 0 Å². The number of amides is 1. The van der Waals surface area contributed by atoms with E-state index in [2.05, 4.69) is 5.32 Å². The predicted octanol–water partition coefficient (Wildman–Crippen LogP) is 2.40. The van der Waals surface area contributed by atoms with Gasteiger partial charge in [-0.2, -0.15) is 0 Å². The van der Waals surface area contributed by atoms with Crippen molar-refractivity contribution >= 4 is 5.91 Å². The Labute approximate surface area is 124 Å². The number of carbonyl (C=O) groups excluding carboxylic acids is 1. The quantitative estimate of drug-likeness (QED) is 0.856. The van der Waals surface area contributed by atoms with Crippen LogP contribution in [0.5, 0.6) is 5.75 Å². The first-order valence-electron chi connectivity index (χ1n) is 6.94. The van der Waals surface area contributed by atoms with E-state index in [-0.39, 0.29) is 18.6 Å². The molecule has 0 aliphatic heterocycles. The molecule has 0 aromatic heterocycles. The van der Waals surface area contributed by atoms with Crippen molar-refractivity contribution in [1.29, 1.82) is 0 Å². The molecule has 1 unspecified atom stereocenters. The third-order valence-electron chi connectivity index (χ3n) is 3.10. The third-order valence-corrected chi connectivity index (χ3v) is 3.10. The van der Waals surface area contributed by atoms with Crippen molar-refractivity contribution in [2.24, 2.45) is 5.73 Å². The summed E-state index contributed by atoms with van der Waals surface area (Å²) >= 11 is 0. The van der Waals surface area contributed by atoms with Gasteiger partial charge in [-0.25, -0.2) is 0 Å². The Bertz CT molecular complexity index is 582. The first-order chi connectivity index (χ1) is 10.2. The van der Waals surface area contributed by atoms with Crippen molar-refractivity contribution in [2.75, 3.05) is 6.61 Å². The van der Waals surface area contributed by atoms with Crippen LogP contribution in [0.2, 0.25) is 0 Å². The molecule has 2 rings (SSSR count). The highest BCUT2D eigenvalue weighted by Crippen LogP contribution is 2.22. The lowest BCUT2D eigenvalue weighted by Crippen LogP contribution is -2.28. The van der Waals surface area contributed by atoms with E-state index in [9.17, 15) is 4.79 Å². The second kappa shape index (κ2) is 7.45. The van der Waals surface area contributed by atoms with Gasteiger partial charge in [0.1, 0.15) is 5.75 Å². The van der Waals surface area contributed by atoms with Gasteiger partial charge < -0.3 is 15.8 Å². The molecule has 0 spiro atoms. The van der Waals surface area contributed by atoms with Crippen LogP contribution in [-0.2, 0) is 11.3 Å². The van der Waals surface area contributed by atoms with E-state index in [1.807, 2.05) is 61.5 Å². The second-order valence-electron chi connectivity index (χ2n) is 4.88. The fourth-order valence-electron chi connectivity index (χ4n) is 1.98. The van der Waals surface area contributed by atoms with Crippen LogP contribution in [0, 0.1) is 0 Å². The van der Waals surface area contributed by atoms with Gasteiger partial charge in [-0.1, -0.05) is 48.5 Å². The fraction of sp³-hybridized carbons (Fsp3) is 0.235. The highest BCUT2D eigenvalue weighted by atomic mass is 16.5. The SMILES string of the molecule is CC(N)c1ccccc1OCC(=O)NCc1ccccc1. The molecular formula is C17H20N2O2. The van der Waals surface area contributed by atoms with E-state index in [1.165, 1.54) is 0 Å². The summed E-state index contributed by atoms with van der Waals surface area (Å²) in [5, 5.41) is 2.82. The lowest BCUT2D eigenvalue weighted by Gasteiger charge is -2.13. The molecule has 2 aromatic rings. The van der Waals surface area contributed by atoms with Gasteiger partial charge in [-0.05, 0) is 18.6 Å². The number of rotatable bonds is 6. The van der Waals surface area contributed by atoms with E-state index in [0.717, 1.165) is 11.1 Å². The molecule has 1 atom stereocenters. The number of nitrogens with one attached hydrogen (secondary N) is 1. The molecule has 110 valence electrons. The molecule has 0 fully saturated rings. The number of nitrogens with two attached hydrogens (primary N) is 1. The van der Waals surface area contributed by atoms with Crippen molar-refractivity contribution in [2.45, 2.75) is 19.5 Å². The molecule has 0 aliphatic rings. The Kier molecular flexibility index (Phi) is 5.35. The number of carbonyl (C=O) groups is 1. The molecule has 1 amide bonds. The van der Waals surface area contributed by atoms with Crippen LogP contribution in [0.25, 0.3) is 0 Å². The largest absolute Gasteiger partial charge is 0.483 e. The van der Waals surface area contributed by atoms with Crippen molar-refractivity contribution in [3.8, 4) is 5.75 Å². The second-order valence-corrected chi connectivity index (χ2v) is 4.88. The van der Waals surface area contributed by atoms with E-state index < -0.39 is 0 Å². The van der Waals surface area contributed by atoms with E-state index >= 15 is 0 Å². The van der Waals surface area contributed by atoms with E-state index in [1.54, 1.807) is 0 Å². The molecule has 0 bridgehead atoms. The average molecular weight is 284 g/mol. The molecule has 0 saturated heterocycles. The van der Waals surface area contributed by atoms with Crippen LogP contribution in [-0.4, -0.2) is 12.5 Å². The molecule has 4 nitrogen and oxygen atoms in total. The summed E-state index contributed by atoms with van der Waals surface area (Å²) in [5.41, 5.74) is 7.83. The van der Waals surface area contributed by atoms with Crippen LogP contribution in [0.1, 0.15) is 24.1 Å². The molecule has 4 heteroatoms. The minimum Gasteiger partial charge on any atom is -0.483 e. The molecule has 0 aliphatic carbocycles. The minimum absolute atomic E-state index is 0.0173. The van der Waals surface area contributed by atoms with Gasteiger partial charge in [0.15, 0.2) is 6.61 Å². The summed E-state index contributed by atoms with van der Waals surface area (Å²) in [6.45, 7) is 2.37. The number of hydrogen-bond acceptors (Lipinski definition) is 3. The van der Waals surface area contributed by atoms with E-state index in [0.29, 0.717) is 12.3 Å². The standard InChI is InChI=1S/C17H20N2O2/c1-13(18)15-9-5-6-10-16(15)21-12-17(20)19-11-14-7-3-2-4-8-14/h2-10,13H,11-12,18H2,1H3,(H,19,20). The van der Waals surface area contributed by atoms with Crippen LogP contribution >= 0.6 is 0 Å². The van der Waals surface area contributed by atoms with Gasteiger partial charge in [0, 0.05) is 18.2 Å². The minimum atomic E-state index is -0.154. The maximum atomic E-state index is 11.8. The Balaban J connectivity index is 1.84. The molecular weight excluding hydrogens is 264 g/mol. The Morgan fingerprint density at radius 3 is 2.52 bits per heavy atom. The van der Waals surface area contributed by atoms with Crippen LogP contribution < -0.4 is 15.8 Å². The maximum absolute atomic E-state index is 11.8. The molecule has 21 heavy (non-hydrogen) atoms. The predicted molar refractivity (Wildman–Crippen MR) is 82.8 cm³/mol. The van der Waals surface area contributed by atoms with Gasteiger partial charge in [0.05, 0.1) is 0 Å². The molecule has 0 radical (unpaired) electrons. The van der Waals surface area contributed by atoms with Gasteiger partial charge in [-0.3, -0.25) is 4.79 Å². The highest BCUT2D eigenvalue weighted by molar-refractivity contribution is 5.77. The highest BCUT2D eigenvalue weighted by Gasteiger charge is 2.09. The number of benzene rings is 2. The lowest BCUT2D eigenvalue weighted by molar-refractivity contribution is -0.123. The molecule has 0 saturated carbocycles. The average Bonchev–Trinajstić information content (AvgIpc) is 2.52. The summed E-state index contributed by atoms with van der Waals surface area (Å²) in [7, 11) is 0. The number of hydrogen-bond donors (Lipinski definition) is 2. The van der Waals surface area contributed by atoms with Crippen LogP contribution in [0.4, 0.5) is 0 Å².